The maximum Gasteiger partial charge on any atom is 0.0852 e. The summed E-state index contributed by atoms with van der Waals surface area (Å²) in [7, 11) is 2.16. The molecule has 90 valence electrons. The highest BCUT2D eigenvalue weighted by molar-refractivity contribution is 4.81. The second-order valence-electron chi connectivity index (χ2n) is 5.16. The third-order valence-corrected chi connectivity index (χ3v) is 3.38. The van der Waals surface area contributed by atoms with Gasteiger partial charge in [-0.3, -0.25) is 0 Å². The van der Waals surface area contributed by atoms with Crippen molar-refractivity contribution in [2.45, 2.75) is 45.9 Å². The van der Waals surface area contributed by atoms with Gasteiger partial charge < -0.3 is 15.0 Å². The Labute approximate surface area is 94.2 Å². The number of hydrogen-bond acceptors (Lipinski definition) is 3. The molecule has 1 fully saturated rings. The molecule has 3 nitrogen and oxygen atoms in total. The van der Waals surface area contributed by atoms with Crippen molar-refractivity contribution in [2.75, 3.05) is 26.7 Å². The van der Waals surface area contributed by atoms with Crippen LogP contribution in [0.2, 0.25) is 0 Å². The van der Waals surface area contributed by atoms with Gasteiger partial charge in [0.25, 0.3) is 0 Å². The predicted octanol–water partition coefficient (Wildman–Crippen LogP) is 1.34. The summed E-state index contributed by atoms with van der Waals surface area (Å²) in [5.41, 5.74) is 0. The summed E-state index contributed by atoms with van der Waals surface area (Å²) < 4.78 is 5.79. The van der Waals surface area contributed by atoms with Crippen LogP contribution in [0, 0.1) is 5.92 Å². The molecule has 0 bridgehead atoms. The molecule has 15 heavy (non-hydrogen) atoms. The summed E-state index contributed by atoms with van der Waals surface area (Å²) in [6.45, 7) is 11.9. The lowest BCUT2D eigenvalue weighted by Crippen LogP contribution is -2.52. The molecule has 0 aromatic rings. The van der Waals surface area contributed by atoms with Gasteiger partial charge in [0.2, 0.25) is 0 Å². The standard InChI is InChI=1S/C12H26N2O/c1-9(2)10(3)13-11(4)12-8-14(5)6-7-15-12/h9-13H,6-8H2,1-5H3. The SMILES string of the molecule is CC(C)C(C)NC(C)C1CN(C)CCO1. The van der Waals surface area contributed by atoms with Crippen LogP contribution in [0.25, 0.3) is 0 Å². The maximum absolute atomic E-state index is 5.79. The van der Waals surface area contributed by atoms with E-state index in [9.17, 15) is 0 Å². The number of ether oxygens (including phenoxy) is 1. The summed E-state index contributed by atoms with van der Waals surface area (Å²) in [5, 5.41) is 3.62. The zero-order valence-electron chi connectivity index (χ0n) is 10.8. The highest BCUT2D eigenvalue weighted by Gasteiger charge is 2.24. The van der Waals surface area contributed by atoms with Gasteiger partial charge in [0.15, 0.2) is 0 Å². The van der Waals surface area contributed by atoms with Gasteiger partial charge in [0, 0.05) is 25.2 Å². The van der Waals surface area contributed by atoms with Crippen LogP contribution in [0.5, 0.6) is 0 Å². The Morgan fingerprint density at radius 3 is 2.47 bits per heavy atom. The third-order valence-electron chi connectivity index (χ3n) is 3.38. The topological polar surface area (TPSA) is 24.5 Å². The molecular formula is C12H26N2O. The molecule has 0 aromatic carbocycles. The van der Waals surface area contributed by atoms with E-state index in [-0.39, 0.29) is 0 Å². The van der Waals surface area contributed by atoms with Gasteiger partial charge in [-0.15, -0.1) is 0 Å². The van der Waals surface area contributed by atoms with Crippen molar-refractivity contribution >= 4 is 0 Å². The Balaban J connectivity index is 2.35. The predicted molar refractivity (Wildman–Crippen MR) is 64.1 cm³/mol. The lowest BCUT2D eigenvalue weighted by Gasteiger charge is -2.35. The van der Waals surface area contributed by atoms with E-state index in [2.05, 4.69) is 45.0 Å². The third kappa shape index (κ3) is 4.09. The Bertz CT molecular complexity index is 184. The van der Waals surface area contributed by atoms with Crippen molar-refractivity contribution in [3.05, 3.63) is 0 Å². The highest BCUT2D eigenvalue weighted by atomic mass is 16.5. The molecule has 1 saturated heterocycles. The average molecular weight is 214 g/mol. The van der Waals surface area contributed by atoms with Crippen molar-refractivity contribution in [3.8, 4) is 0 Å². The summed E-state index contributed by atoms with van der Waals surface area (Å²) in [6, 6.07) is 0.987. The van der Waals surface area contributed by atoms with E-state index >= 15 is 0 Å². The average Bonchev–Trinajstić information content (AvgIpc) is 2.17. The van der Waals surface area contributed by atoms with Gasteiger partial charge in [-0.05, 0) is 26.8 Å². The van der Waals surface area contributed by atoms with Crippen LogP contribution in [0.4, 0.5) is 0 Å². The van der Waals surface area contributed by atoms with Gasteiger partial charge in [-0.1, -0.05) is 13.8 Å². The van der Waals surface area contributed by atoms with Gasteiger partial charge in [-0.25, -0.2) is 0 Å². The molecule has 0 spiro atoms. The van der Waals surface area contributed by atoms with Crippen molar-refractivity contribution in [3.63, 3.8) is 0 Å². The first-order chi connectivity index (χ1) is 7.00. The van der Waals surface area contributed by atoms with Crippen LogP contribution in [0.3, 0.4) is 0 Å². The molecule has 1 rings (SSSR count). The number of likely N-dealkylation sites (N-methyl/N-ethyl adjacent to an activating group) is 1. The molecule has 0 amide bonds. The fraction of sp³-hybridized carbons (Fsp3) is 1.00. The normalized spacial score (nSPS) is 28.0. The van der Waals surface area contributed by atoms with Crippen molar-refractivity contribution in [1.82, 2.24) is 10.2 Å². The second-order valence-corrected chi connectivity index (χ2v) is 5.16. The molecule has 3 unspecified atom stereocenters. The summed E-state index contributed by atoms with van der Waals surface area (Å²) >= 11 is 0. The molecule has 0 saturated carbocycles. The smallest absolute Gasteiger partial charge is 0.0852 e. The molecule has 0 radical (unpaired) electrons. The van der Waals surface area contributed by atoms with Crippen molar-refractivity contribution in [1.29, 1.82) is 0 Å². The van der Waals surface area contributed by atoms with E-state index in [1.165, 1.54) is 0 Å². The summed E-state index contributed by atoms with van der Waals surface area (Å²) in [4.78, 5) is 2.34. The molecule has 0 aliphatic carbocycles. The largest absolute Gasteiger partial charge is 0.374 e. The molecule has 1 aliphatic heterocycles. The van der Waals surface area contributed by atoms with Crippen LogP contribution in [0.15, 0.2) is 0 Å². The van der Waals surface area contributed by atoms with Gasteiger partial charge >= 0.3 is 0 Å². The minimum absolute atomic E-state index is 0.338. The second kappa shape index (κ2) is 5.83. The highest BCUT2D eigenvalue weighted by Crippen LogP contribution is 2.09. The molecule has 3 atom stereocenters. The Morgan fingerprint density at radius 2 is 1.93 bits per heavy atom. The summed E-state index contributed by atoms with van der Waals surface area (Å²) in [5.74, 6) is 0.675. The first-order valence-corrected chi connectivity index (χ1v) is 6.07. The van der Waals surface area contributed by atoms with E-state index in [0.29, 0.717) is 24.1 Å². The first kappa shape index (κ1) is 12.9. The maximum atomic E-state index is 5.79. The first-order valence-electron chi connectivity index (χ1n) is 6.07. The molecule has 1 N–H and O–H groups in total. The number of rotatable bonds is 4. The Morgan fingerprint density at radius 1 is 1.27 bits per heavy atom. The van der Waals surface area contributed by atoms with E-state index in [0.717, 1.165) is 19.7 Å². The van der Waals surface area contributed by atoms with E-state index in [4.69, 9.17) is 4.74 Å². The Kier molecular flexibility index (Phi) is 5.03. The molecule has 1 heterocycles. The minimum Gasteiger partial charge on any atom is -0.374 e. The lowest BCUT2D eigenvalue weighted by atomic mass is 10.0. The van der Waals surface area contributed by atoms with Gasteiger partial charge in [-0.2, -0.15) is 0 Å². The minimum atomic E-state index is 0.338. The number of nitrogens with zero attached hydrogens (tertiary/aromatic N) is 1. The van der Waals surface area contributed by atoms with Crippen molar-refractivity contribution in [2.24, 2.45) is 5.92 Å². The molecule has 0 aromatic heterocycles. The van der Waals surface area contributed by atoms with E-state index < -0.39 is 0 Å². The fourth-order valence-electron chi connectivity index (χ4n) is 1.83. The van der Waals surface area contributed by atoms with E-state index in [1.54, 1.807) is 0 Å². The van der Waals surface area contributed by atoms with Crippen molar-refractivity contribution < 1.29 is 4.74 Å². The molecule has 3 heteroatoms. The monoisotopic (exact) mass is 214 g/mol. The Hall–Kier alpha value is -0.120. The quantitative estimate of drug-likeness (QED) is 0.764. The van der Waals surface area contributed by atoms with Crippen LogP contribution in [-0.2, 0) is 4.74 Å². The van der Waals surface area contributed by atoms with E-state index in [1.807, 2.05) is 0 Å². The molecule has 1 aliphatic rings. The zero-order chi connectivity index (χ0) is 11.4. The molecular weight excluding hydrogens is 188 g/mol. The van der Waals surface area contributed by atoms with Gasteiger partial charge in [0.05, 0.1) is 12.7 Å². The lowest BCUT2D eigenvalue weighted by molar-refractivity contribution is -0.0375. The van der Waals surface area contributed by atoms with Gasteiger partial charge in [0.1, 0.15) is 0 Å². The number of morpholine rings is 1. The zero-order valence-corrected chi connectivity index (χ0v) is 10.8. The number of nitrogens with one attached hydrogen (secondary N) is 1. The van der Waals surface area contributed by atoms with Crippen LogP contribution < -0.4 is 5.32 Å². The van der Waals surface area contributed by atoms with Crippen LogP contribution in [-0.4, -0.2) is 49.8 Å². The van der Waals surface area contributed by atoms with Crippen LogP contribution >= 0.6 is 0 Å². The summed E-state index contributed by atoms with van der Waals surface area (Å²) in [6.07, 6.45) is 0.338. The fourth-order valence-corrected chi connectivity index (χ4v) is 1.83. The van der Waals surface area contributed by atoms with Crippen LogP contribution in [0.1, 0.15) is 27.7 Å². The number of hydrogen-bond donors (Lipinski definition) is 1.